The molecule has 2 rings (SSSR count). The van der Waals surface area contributed by atoms with Crippen molar-refractivity contribution in [1.82, 2.24) is 4.31 Å². The maximum absolute atomic E-state index is 12.4. The van der Waals surface area contributed by atoms with Crippen molar-refractivity contribution in [3.63, 3.8) is 0 Å². The molecular weight excluding hydrogens is 362 g/mol. The molecule has 0 aromatic carbocycles. The predicted octanol–water partition coefficient (Wildman–Crippen LogP) is 2.05. The first-order valence-electron chi connectivity index (χ1n) is 4.97. The molecule has 1 aliphatic heterocycles. The fraction of sp³-hybridized carbons (Fsp3) is 0.444. The van der Waals surface area contributed by atoms with Crippen LogP contribution in [0.4, 0.5) is 0 Å². The minimum absolute atomic E-state index is 0.162. The van der Waals surface area contributed by atoms with Gasteiger partial charge in [-0.05, 0) is 35.0 Å². The van der Waals surface area contributed by atoms with Crippen molar-refractivity contribution in [3.05, 3.63) is 15.9 Å². The van der Waals surface area contributed by atoms with Crippen LogP contribution >= 0.6 is 39.0 Å². The minimum atomic E-state index is -3.74. The molecule has 0 aliphatic carbocycles. The van der Waals surface area contributed by atoms with Gasteiger partial charge in [0.05, 0.1) is 9.16 Å². The zero-order valence-electron chi connectivity index (χ0n) is 9.24. The maximum Gasteiger partial charge on any atom is 0.322 e. The van der Waals surface area contributed by atoms with Crippen LogP contribution in [0.25, 0.3) is 0 Å². The van der Waals surface area contributed by atoms with Crippen molar-refractivity contribution in [2.45, 2.75) is 22.5 Å². The van der Waals surface area contributed by atoms with E-state index in [0.29, 0.717) is 3.79 Å². The van der Waals surface area contributed by atoms with Gasteiger partial charge in [0.1, 0.15) is 10.3 Å². The van der Waals surface area contributed by atoms with Crippen LogP contribution in [0.1, 0.15) is 6.92 Å². The van der Waals surface area contributed by atoms with Gasteiger partial charge in [-0.3, -0.25) is 4.79 Å². The van der Waals surface area contributed by atoms with Gasteiger partial charge in [-0.1, -0.05) is 0 Å². The second kappa shape index (κ2) is 5.12. The Morgan fingerprint density at radius 2 is 2.22 bits per heavy atom. The highest BCUT2D eigenvalue weighted by atomic mass is 79.9. The molecule has 0 amide bonds. The van der Waals surface area contributed by atoms with Gasteiger partial charge in [0.25, 0.3) is 10.0 Å². The van der Waals surface area contributed by atoms with Gasteiger partial charge in [0.15, 0.2) is 0 Å². The molecule has 2 heterocycles. The topological polar surface area (TPSA) is 74.7 Å². The maximum atomic E-state index is 12.4. The molecule has 0 saturated carbocycles. The average molecular weight is 372 g/mol. The Kier molecular flexibility index (Phi) is 4.07. The number of carboxylic acids is 1. The van der Waals surface area contributed by atoms with E-state index < -0.39 is 22.0 Å². The van der Waals surface area contributed by atoms with E-state index in [1.807, 2.05) is 0 Å². The number of hydrogen-bond donors (Lipinski definition) is 1. The Morgan fingerprint density at radius 3 is 2.72 bits per heavy atom. The summed E-state index contributed by atoms with van der Waals surface area (Å²) < 4.78 is 26.8. The molecule has 5 nitrogen and oxygen atoms in total. The summed E-state index contributed by atoms with van der Waals surface area (Å²) in [7, 11) is -3.74. The van der Waals surface area contributed by atoms with Gasteiger partial charge in [-0.15, -0.1) is 23.1 Å². The molecule has 1 fully saturated rings. The zero-order valence-corrected chi connectivity index (χ0v) is 13.3. The van der Waals surface area contributed by atoms with Crippen LogP contribution in [0.15, 0.2) is 20.1 Å². The molecule has 18 heavy (non-hydrogen) atoms. The summed E-state index contributed by atoms with van der Waals surface area (Å²) in [5.41, 5.74) is 0. The molecule has 1 aliphatic rings. The Labute approximate surface area is 121 Å². The average Bonchev–Trinajstić information content (AvgIpc) is 2.84. The summed E-state index contributed by atoms with van der Waals surface area (Å²) in [6, 6.07) is 2.13. The Morgan fingerprint density at radius 1 is 1.56 bits per heavy atom. The molecule has 1 aromatic heterocycles. The molecule has 100 valence electrons. The van der Waals surface area contributed by atoms with E-state index in [4.69, 9.17) is 5.11 Å². The second-order valence-electron chi connectivity index (χ2n) is 3.68. The number of thioether (sulfide) groups is 1. The molecule has 1 saturated heterocycles. The molecule has 0 bridgehead atoms. The number of carboxylic acid groups (broad SMARTS) is 1. The number of halogens is 1. The van der Waals surface area contributed by atoms with Crippen molar-refractivity contribution >= 4 is 55.0 Å². The highest BCUT2D eigenvalue weighted by Gasteiger charge is 2.44. The standard InChI is InChI=1S/C9H10BrNO4S3/c1-5-11(6(4-16-5)9(12)13)18(14,15)8-3-2-7(10)17-8/h2-3,5-6H,4H2,1H3,(H,12,13). The summed E-state index contributed by atoms with van der Waals surface area (Å²) in [5.74, 6) is -0.825. The van der Waals surface area contributed by atoms with Gasteiger partial charge in [-0.2, -0.15) is 4.31 Å². The van der Waals surface area contributed by atoms with Crippen LogP contribution in [-0.2, 0) is 14.8 Å². The third kappa shape index (κ3) is 2.46. The number of carbonyl (C=O) groups is 1. The van der Waals surface area contributed by atoms with Crippen LogP contribution in [-0.4, -0.2) is 41.0 Å². The third-order valence-electron chi connectivity index (χ3n) is 2.53. The van der Waals surface area contributed by atoms with E-state index >= 15 is 0 Å². The fourth-order valence-electron chi connectivity index (χ4n) is 1.71. The second-order valence-corrected chi connectivity index (χ2v) is 9.56. The highest BCUT2D eigenvalue weighted by molar-refractivity contribution is 9.11. The van der Waals surface area contributed by atoms with Crippen molar-refractivity contribution < 1.29 is 18.3 Å². The van der Waals surface area contributed by atoms with E-state index in [9.17, 15) is 13.2 Å². The number of rotatable bonds is 3. The lowest BCUT2D eigenvalue weighted by Crippen LogP contribution is -2.44. The number of sulfonamides is 1. The molecular formula is C9H10BrNO4S3. The van der Waals surface area contributed by atoms with Crippen LogP contribution in [0, 0.1) is 0 Å². The Balaban J connectivity index is 2.42. The number of hydrogen-bond acceptors (Lipinski definition) is 5. The van der Waals surface area contributed by atoms with Crippen molar-refractivity contribution in [1.29, 1.82) is 0 Å². The molecule has 0 spiro atoms. The summed E-state index contributed by atoms with van der Waals surface area (Å²) in [5, 5.41) is 8.73. The quantitative estimate of drug-likeness (QED) is 0.879. The Bertz CT molecular complexity index is 570. The molecule has 2 unspecified atom stereocenters. The van der Waals surface area contributed by atoms with Gasteiger partial charge >= 0.3 is 5.97 Å². The van der Waals surface area contributed by atoms with Crippen molar-refractivity contribution in [2.24, 2.45) is 0 Å². The number of aliphatic carboxylic acids is 1. The lowest BCUT2D eigenvalue weighted by atomic mass is 10.3. The van der Waals surface area contributed by atoms with Crippen molar-refractivity contribution in [3.8, 4) is 0 Å². The van der Waals surface area contributed by atoms with E-state index in [1.54, 1.807) is 13.0 Å². The van der Waals surface area contributed by atoms with Crippen molar-refractivity contribution in [2.75, 3.05) is 5.75 Å². The van der Waals surface area contributed by atoms with Crippen LogP contribution in [0.5, 0.6) is 0 Å². The molecule has 1 aromatic rings. The molecule has 9 heteroatoms. The van der Waals surface area contributed by atoms with Gasteiger partial charge in [0, 0.05) is 5.75 Å². The van der Waals surface area contributed by atoms with Crippen LogP contribution < -0.4 is 0 Å². The fourth-order valence-corrected chi connectivity index (χ4v) is 7.12. The van der Waals surface area contributed by atoms with Gasteiger partial charge in [-0.25, -0.2) is 8.42 Å². The molecule has 0 radical (unpaired) electrons. The monoisotopic (exact) mass is 371 g/mol. The molecule has 2 atom stereocenters. The van der Waals surface area contributed by atoms with Gasteiger partial charge in [0.2, 0.25) is 0 Å². The summed E-state index contributed by atoms with van der Waals surface area (Å²) in [6.45, 7) is 1.70. The smallest absolute Gasteiger partial charge is 0.322 e. The van der Waals surface area contributed by atoms with E-state index in [1.165, 1.54) is 17.8 Å². The number of thiophene rings is 1. The lowest BCUT2D eigenvalue weighted by Gasteiger charge is -2.23. The molecule has 1 N–H and O–H groups in total. The SMILES string of the molecule is CC1SCC(C(=O)O)N1S(=O)(=O)c1ccc(Br)s1. The minimum Gasteiger partial charge on any atom is -0.480 e. The largest absolute Gasteiger partial charge is 0.480 e. The summed E-state index contributed by atoms with van der Waals surface area (Å²) in [6.07, 6.45) is 0. The summed E-state index contributed by atoms with van der Waals surface area (Å²) >= 11 is 5.62. The summed E-state index contributed by atoms with van der Waals surface area (Å²) in [4.78, 5) is 11.1. The van der Waals surface area contributed by atoms with E-state index in [-0.39, 0.29) is 15.3 Å². The number of nitrogens with zero attached hydrogens (tertiary/aromatic N) is 1. The predicted molar refractivity (Wildman–Crippen MR) is 74.4 cm³/mol. The van der Waals surface area contributed by atoms with E-state index in [0.717, 1.165) is 15.6 Å². The highest BCUT2D eigenvalue weighted by Crippen LogP contribution is 2.37. The first kappa shape index (κ1) is 14.3. The first-order chi connectivity index (χ1) is 8.34. The third-order valence-corrected chi connectivity index (χ3v) is 7.95. The van der Waals surface area contributed by atoms with Crippen LogP contribution in [0.3, 0.4) is 0 Å². The van der Waals surface area contributed by atoms with Gasteiger partial charge < -0.3 is 5.11 Å². The Hall–Kier alpha value is -0.0900. The van der Waals surface area contributed by atoms with Crippen LogP contribution in [0.2, 0.25) is 0 Å². The van der Waals surface area contributed by atoms with E-state index in [2.05, 4.69) is 15.9 Å². The first-order valence-corrected chi connectivity index (χ1v) is 9.07. The zero-order chi connectivity index (χ0) is 13.5. The lowest BCUT2D eigenvalue weighted by molar-refractivity contribution is -0.140. The normalized spacial score (nSPS) is 25.4.